The van der Waals surface area contributed by atoms with Crippen LogP contribution < -0.4 is 14.8 Å². The highest BCUT2D eigenvalue weighted by molar-refractivity contribution is 6.32. The van der Waals surface area contributed by atoms with Gasteiger partial charge in [-0.2, -0.15) is 0 Å². The molecule has 2 aliphatic rings. The Morgan fingerprint density at radius 1 is 0.881 bits per heavy atom. The molecule has 1 atom stereocenters. The Kier molecular flexibility index (Phi) is 7.48. The molecule has 0 unspecified atom stereocenters. The van der Waals surface area contributed by atoms with Crippen LogP contribution in [-0.2, 0) is 16.1 Å². The number of carbonyl (C=O) groups is 2. The summed E-state index contributed by atoms with van der Waals surface area (Å²) in [6.07, 6.45) is 0. The number of hydrogen-bond acceptors (Lipinski definition) is 6. The van der Waals surface area contributed by atoms with Crippen molar-refractivity contribution < 1.29 is 23.8 Å². The van der Waals surface area contributed by atoms with Crippen molar-refractivity contribution in [1.29, 1.82) is 0 Å². The number of esters is 1. The zero-order valence-corrected chi connectivity index (χ0v) is 24.4. The van der Waals surface area contributed by atoms with Crippen molar-refractivity contribution in [3.05, 3.63) is 123 Å². The second kappa shape index (κ2) is 11.4. The van der Waals surface area contributed by atoms with Gasteiger partial charge in [-0.25, -0.2) is 4.79 Å². The van der Waals surface area contributed by atoms with E-state index in [1.54, 1.807) is 19.1 Å². The number of ketones is 1. The van der Waals surface area contributed by atoms with Crippen molar-refractivity contribution >= 4 is 39.8 Å². The van der Waals surface area contributed by atoms with Crippen molar-refractivity contribution in [3.8, 4) is 11.5 Å². The number of rotatable bonds is 8. The summed E-state index contributed by atoms with van der Waals surface area (Å²) in [6, 6.07) is 25.3. The minimum Gasteiger partial charge on any atom is -0.490 e. The van der Waals surface area contributed by atoms with E-state index in [4.69, 9.17) is 25.8 Å². The summed E-state index contributed by atoms with van der Waals surface area (Å²) in [4.78, 5) is 27.1. The van der Waals surface area contributed by atoms with Crippen molar-refractivity contribution in [3.63, 3.8) is 0 Å². The van der Waals surface area contributed by atoms with Gasteiger partial charge < -0.3 is 19.5 Å². The van der Waals surface area contributed by atoms with E-state index in [2.05, 4.69) is 29.6 Å². The maximum Gasteiger partial charge on any atom is 0.336 e. The van der Waals surface area contributed by atoms with E-state index in [1.165, 1.54) is 0 Å². The maximum atomic E-state index is 13.8. The van der Waals surface area contributed by atoms with Gasteiger partial charge in [0.2, 0.25) is 0 Å². The number of fused-ring (bicyclic) bond motifs is 3. The van der Waals surface area contributed by atoms with E-state index in [9.17, 15) is 9.59 Å². The molecular formula is C35H30ClNO5. The Morgan fingerprint density at radius 2 is 1.62 bits per heavy atom. The molecular weight excluding hydrogens is 550 g/mol. The fourth-order valence-electron chi connectivity index (χ4n) is 5.78. The topological polar surface area (TPSA) is 73.9 Å². The summed E-state index contributed by atoms with van der Waals surface area (Å²) in [5, 5.41) is 5.91. The molecule has 0 fully saturated rings. The van der Waals surface area contributed by atoms with Gasteiger partial charge in [0.25, 0.3) is 0 Å². The molecule has 212 valence electrons. The number of Topliss-reactive ketones (excluding diaryl/α,β-unsaturated/α-hetero) is 1. The Labute approximate surface area is 249 Å². The highest BCUT2D eigenvalue weighted by atomic mass is 35.5. The molecule has 0 saturated carbocycles. The summed E-state index contributed by atoms with van der Waals surface area (Å²) in [5.74, 6) is -0.513. The Bertz CT molecular complexity index is 1800. The molecule has 1 heterocycles. The molecule has 6 nitrogen and oxygen atoms in total. The first-order chi connectivity index (χ1) is 20.4. The molecule has 0 spiro atoms. The third-order valence-corrected chi connectivity index (χ3v) is 7.89. The van der Waals surface area contributed by atoms with Gasteiger partial charge in [0.15, 0.2) is 17.3 Å². The van der Waals surface area contributed by atoms with Gasteiger partial charge in [-0.1, -0.05) is 72.3 Å². The zero-order chi connectivity index (χ0) is 29.4. The van der Waals surface area contributed by atoms with Gasteiger partial charge in [-0.05, 0) is 60.9 Å². The smallest absolute Gasteiger partial charge is 0.336 e. The molecule has 0 bridgehead atoms. The van der Waals surface area contributed by atoms with Crippen LogP contribution in [0.2, 0.25) is 5.02 Å². The Hall–Kier alpha value is -4.55. The fourth-order valence-corrected chi connectivity index (χ4v) is 6.06. The van der Waals surface area contributed by atoms with Crippen LogP contribution in [0.25, 0.3) is 16.5 Å². The Morgan fingerprint density at radius 3 is 2.38 bits per heavy atom. The van der Waals surface area contributed by atoms with E-state index < -0.39 is 11.9 Å². The highest BCUT2D eigenvalue weighted by Crippen LogP contribution is 2.49. The van der Waals surface area contributed by atoms with Crippen LogP contribution >= 0.6 is 11.6 Å². The molecule has 4 aromatic rings. The molecule has 6 rings (SSSR count). The van der Waals surface area contributed by atoms with Gasteiger partial charge in [0, 0.05) is 28.3 Å². The highest BCUT2D eigenvalue weighted by Gasteiger charge is 2.43. The largest absolute Gasteiger partial charge is 0.490 e. The third kappa shape index (κ3) is 4.82. The average molecular weight is 580 g/mol. The number of benzene rings is 4. The van der Waals surface area contributed by atoms with Crippen LogP contribution in [-0.4, -0.2) is 25.0 Å². The number of ether oxygens (including phenoxy) is 3. The number of allylic oxidation sites excluding steroid dienone is 2. The number of nitrogens with one attached hydrogen (secondary N) is 1. The van der Waals surface area contributed by atoms with E-state index in [0.29, 0.717) is 56.8 Å². The normalized spacial score (nSPS) is 15.8. The predicted octanol–water partition coefficient (Wildman–Crippen LogP) is 7.60. The molecule has 42 heavy (non-hydrogen) atoms. The first-order valence-corrected chi connectivity index (χ1v) is 14.4. The number of halogens is 1. The minimum atomic E-state index is -0.716. The van der Waals surface area contributed by atoms with Crippen LogP contribution in [0.3, 0.4) is 0 Å². The summed E-state index contributed by atoms with van der Waals surface area (Å²) in [6.45, 7) is 6.31. The lowest BCUT2D eigenvalue weighted by molar-refractivity contribution is -0.138. The molecule has 1 N–H and O–H groups in total. The van der Waals surface area contributed by atoms with Gasteiger partial charge in [-0.3, -0.25) is 4.79 Å². The third-order valence-electron chi connectivity index (χ3n) is 7.61. The van der Waals surface area contributed by atoms with Crippen molar-refractivity contribution in [1.82, 2.24) is 5.32 Å². The first kappa shape index (κ1) is 27.6. The lowest BCUT2D eigenvalue weighted by Crippen LogP contribution is -2.29. The van der Waals surface area contributed by atoms with Crippen LogP contribution in [0, 0.1) is 0 Å². The van der Waals surface area contributed by atoms with Gasteiger partial charge in [-0.15, -0.1) is 0 Å². The average Bonchev–Trinajstić information content (AvgIpc) is 3.27. The van der Waals surface area contributed by atoms with Gasteiger partial charge in [0.1, 0.15) is 6.61 Å². The molecule has 0 radical (unpaired) electrons. The van der Waals surface area contributed by atoms with Crippen molar-refractivity contribution in [2.75, 3.05) is 13.2 Å². The van der Waals surface area contributed by atoms with E-state index in [1.807, 2.05) is 56.3 Å². The molecule has 0 amide bonds. The van der Waals surface area contributed by atoms with Crippen LogP contribution in [0.4, 0.5) is 0 Å². The van der Waals surface area contributed by atoms with Crippen LogP contribution in [0.15, 0.2) is 95.7 Å². The van der Waals surface area contributed by atoms with Crippen molar-refractivity contribution in [2.24, 2.45) is 0 Å². The standard InChI is InChI=1S/C35H30ClNO5/c1-4-40-28-18-24(17-27(36)34(28)42-19-21-14-15-22-10-6-7-11-23(22)16-21)30-29(35(39)41-5-2)20(3)37-32-25-12-8-9-13-26(25)33(38)31(30)32/h6-18,30,37H,4-5,19H2,1-3H3/t30-/m1/s1. The van der Waals surface area contributed by atoms with E-state index >= 15 is 0 Å². The number of hydrogen-bond donors (Lipinski definition) is 1. The SMILES string of the molecule is CCOC(=O)C1=C(C)NC2=C(C(=O)c3ccccc32)[C@@H]1c1cc(Cl)c(OCc2ccc3ccccc3c2)c(OCC)c1. The summed E-state index contributed by atoms with van der Waals surface area (Å²) >= 11 is 6.89. The lowest BCUT2D eigenvalue weighted by atomic mass is 9.79. The van der Waals surface area contributed by atoms with Crippen LogP contribution in [0.5, 0.6) is 11.5 Å². The molecule has 0 saturated heterocycles. The van der Waals surface area contributed by atoms with E-state index in [-0.39, 0.29) is 19.0 Å². The van der Waals surface area contributed by atoms with Gasteiger partial charge in [0.05, 0.1) is 29.5 Å². The summed E-state index contributed by atoms with van der Waals surface area (Å²) in [7, 11) is 0. The molecule has 1 aliphatic heterocycles. The van der Waals surface area contributed by atoms with Crippen molar-refractivity contribution in [2.45, 2.75) is 33.3 Å². The first-order valence-electron chi connectivity index (χ1n) is 14.0. The van der Waals surface area contributed by atoms with Gasteiger partial charge >= 0.3 is 5.97 Å². The lowest BCUT2D eigenvalue weighted by Gasteiger charge is -2.30. The maximum absolute atomic E-state index is 13.8. The number of dihydropyridines is 1. The second-order valence-electron chi connectivity index (χ2n) is 10.2. The molecule has 7 heteroatoms. The fraction of sp³-hybridized carbons (Fsp3) is 0.200. The monoisotopic (exact) mass is 579 g/mol. The minimum absolute atomic E-state index is 0.141. The molecule has 1 aliphatic carbocycles. The Balaban J connectivity index is 1.42. The van der Waals surface area contributed by atoms with E-state index in [0.717, 1.165) is 21.9 Å². The predicted molar refractivity (Wildman–Crippen MR) is 164 cm³/mol. The second-order valence-corrected chi connectivity index (χ2v) is 10.6. The van der Waals surface area contributed by atoms with Crippen LogP contribution in [0.1, 0.15) is 53.7 Å². The molecule has 0 aromatic heterocycles. The quantitative estimate of drug-likeness (QED) is 0.217. The summed E-state index contributed by atoms with van der Waals surface area (Å²) < 4.78 is 17.7. The number of carbonyl (C=O) groups excluding carboxylic acids is 2. The zero-order valence-electron chi connectivity index (χ0n) is 23.6. The molecule has 4 aromatic carbocycles. The summed E-state index contributed by atoms with van der Waals surface area (Å²) in [5.41, 5.74) is 5.17.